The van der Waals surface area contributed by atoms with Crippen LogP contribution in [0.4, 0.5) is 0 Å². The Bertz CT molecular complexity index is 132. The molecule has 0 aromatic carbocycles. The lowest BCUT2D eigenvalue weighted by atomic mass is 10.1. The average molecular weight is 173 g/mol. The van der Waals surface area contributed by atoms with Crippen molar-refractivity contribution in [2.24, 2.45) is 11.7 Å². The second-order valence-corrected chi connectivity index (χ2v) is 2.98. The van der Waals surface area contributed by atoms with E-state index in [0.29, 0.717) is 12.3 Å². The second kappa shape index (κ2) is 8.27. The Morgan fingerprint density at radius 1 is 1.67 bits per heavy atom. The lowest BCUT2D eigenvalue weighted by molar-refractivity contribution is -0.138. The molecule has 3 heteroatoms. The molecular weight excluding hydrogens is 154 g/mol. The molecule has 0 aliphatic rings. The largest absolute Gasteiger partial charge is 0.480 e. The summed E-state index contributed by atoms with van der Waals surface area (Å²) in [5.41, 5.74) is 5.22. The summed E-state index contributed by atoms with van der Waals surface area (Å²) in [6, 6.07) is -0.690. The number of rotatable bonds is 3. The zero-order chi connectivity index (χ0) is 10.1. The van der Waals surface area contributed by atoms with Gasteiger partial charge in [0.1, 0.15) is 6.04 Å². The van der Waals surface area contributed by atoms with Crippen LogP contribution >= 0.6 is 0 Å². The molecular formula is C9H19NO2. The lowest BCUT2D eigenvalue weighted by Crippen LogP contribution is -2.31. The van der Waals surface area contributed by atoms with Crippen molar-refractivity contribution in [3.05, 3.63) is 12.7 Å². The summed E-state index contributed by atoms with van der Waals surface area (Å²) in [5, 5.41) is 8.31. The molecule has 0 amide bonds. The van der Waals surface area contributed by atoms with Crippen molar-refractivity contribution < 1.29 is 9.90 Å². The maximum atomic E-state index is 10.1. The summed E-state index contributed by atoms with van der Waals surface area (Å²) in [4.78, 5) is 10.1. The molecule has 0 spiro atoms. The molecule has 72 valence electrons. The molecule has 1 atom stereocenters. The molecule has 3 N–H and O–H groups in total. The van der Waals surface area contributed by atoms with Gasteiger partial charge in [0.15, 0.2) is 0 Å². The fraction of sp³-hybridized carbons (Fsp3) is 0.667. The SMILES string of the molecule is C=CC.CC(C)CC(N)C(=O)O. The highest BCUT2D eigenvalue weighted by molar-refractivity contribution is 5.72. The van der Waals surface area contributed by atoms with Gasteiger partial charge in [-0.05, 0) is 19.3 Å². The summed E-state index contributed by atoms with van der Waals surface area (Å²) in [5.74, 6) is -0.556. The monoisotopic (exact) mass is 173 g/mol. The van der Waals surface area contributed by atoms with E-state index in [0.717, 1.165) is 0 Å². The van der Waals surface area contributed by atoms with Crippen LogP contribution in [-0.4, -0.2) is 17.1 Å². The summed E-state index contributed by atoms with van der Waals surface area (Å²) < 4.78 is 0. The predicted molar refractivity (Wildman–Crippen MR) is 50.9 cm³/mol. The Morgan fingerprint density at radius 3 is 2.08 bits per heavy atom. The highest BCUT2D eigenvalue weighted by Gasteiger charge is 2.11. The van der Waals surface area contributed by atoms with Gasteiger partial charge in [-0.3, -0.25) is 4.79 Å². The zero-order valence-electron chi connectivity index (χ0n) is 8.08. The van der Waals surface area contributed by atoms with Crippen LogP contribution in [0, 0.1) is 5.92 Å². The molecule has 12 heavy (non-hydrogen) atoms. The second-order valence-electron chi connectivity index (χ2n) is 2.98. The topological polar surface area (TPSA) is 63.3 Å². The maximum Gasteiger partial charge on any atom is 0.320 e. The Kier molecular flexibility index (Phi) is 9.47. The minimum absolute atomic E-state index is 0.357. The third kappa shape index (κ3) is 11.9. The van der Waals surface area contributed by atoms with Crippen LogP contribution in [0.1, 0.15) is 27.2 Å². The third-order valence-corrected chi connectivity index (χ3v) is 1.04. The molecule has 0 radical (unpaired) electrons. The highest BCUT2D eigenvalue weighted by Crippen LogP contribution is 2.01. The van der Waals surface area contributed by atoms with Gasteiger partial charge >= 0.3 is 5.97 Å². The number of aliphatic carboxylic acids is 1. The van der Waals surface area contributed by atoms with Gasteiger partial charge in [0.05, 0.1) is 0 Å². The first-order valence-corrected chi connectivity index (χ1v) is 4.01. The van der Waals surface area contributed by atoms with Crippen molar-refractivity contribution >= 4 is 5.97 Å². The molecule has 0 rings (SSSR count). The van der Waals surface area contributed by atoms with Gasteiger partial charge in [0.2, 0.25) is 0 Å². The number of carboxylic acid groups (broad SMARTS) is 1. The number of hydrogen-bond donors (Lipinski definition) is 2. The standard InChI is InChI=1S/C6H13NO2.C3H6/c1-4(2)3-5(7)6(8)9;1-3-2/h4-5H,3,7H2,1-2H3,(H,8,9);3H,1H2,2H3. The van der Waals surface area contributed by atoms with E-state index in [4.69, 9.17) is 10.8 Å². The molecule has 0 aromatic heterocycles. The predicted octanol–water partition coefficient (Wildman–Crippen LogP) is 1.64. The van der Waals surface area contributed by atoms with Gasteiger partial charge in [-0.15, -0.1) is 6.58 Å². The van der Waals surface area contributed by atoms with Crippen molar-refractivity contribution in [1.29, 1.82) is 0 Å². The van der Waals surface area contributed by atoms with Crippen LogP contribution in [0.15, 0.2) is 12.7 Å². The van der Waals surface area contributed by atoms with Gasteiger partial charge in [0, 0.05) is 0 Å². The summed E-state index contributed by atoms with van der Waals surface area (Å²) in [6.07, 6.45) is 2.30. The van der Waals surface area contributed by atoms with Crippen molar-refractivity contribution in [2.75, 3.05) is 0 Å². The van der Waals surface area contributed by atoms with Crippen LogP contribution in [0.25, 0.3) is 0 Å². The average Bonchev–Trinajstić information content (AvgIpc) is 1.87. The van der Waals surface area contributed by atoms with Crippen molar-refractivity contribution in [3.8, 4) is 0 Å². The Morgan fingerprint density at radius 2 is 2.00 bits per heavy atom. The number of nitrogens with two attached hydrogens (primary N) is 1. The van der Waals surface area contributed by atoms with Crippen molar-refractivity contribution in [1.82, 2.24) is 0 Å². The molecule has 0 aromatic rings. The van der Waals surface area contributed by atoms with E-state index in [1.165, 1.54) is 0 Å². The summed E-state index contributed by atoms with van der Waals surface area (Å²) >= 11 is 0. The first-order chi connectivity index (χ1) is 5.45. The smallest absolute Gasteiger partial charge is 0.320 e. The minimum atomic E-state index is -0.913. The first kappa shape index (κ1) is 13.7. The Balaban J connectivity index is 0. The van der Waals surface area contributed by atoms with Gasteiger partial charge in [-0.2, -0.15) is 0 Å². The van der Waals surface area contributed by atoms with Gasteiger partial charge < -0.3 is 10.8 Å². The quantitative estimate of drug-likeness (QED) is 0.638. The molecule has 0 bridgehead atoms. The number of hydrogen-bond acceptors (Lipinski definition) is 2. The zero-order valence-corrected chi connectivity index (χ0v) is 8.08. The van der Waals surface area contributed by atoms with E-state index in [1.807, 2.05) is 20.8 Å². The van der Waals surface area contributed by atoms with Gasteiger partial charge in [0.25, 0.3) is 0 Å². The van der Waals surface area contributed by atoms with Gasteiger partial charge in [-0.25, -0.2) is 0 Å². The van der Waals surface area contributed by atoms with Crippen LogP contribution in [0.2, 0.25) is 0 Å². The molecule has 1 unspecified atom stereocenters. The Labute approximate surface area is 74.3 Å². The van der Waals surface area contributed by atoms with E-state index in [-0.39, 0.29) is 0 Å². The third-order valence-electron chi connectivity index (χ3n) is 1.04. The molecule has 3 nitrogen and oxygen atoms in total. The van der Waals surface area contributed by atoms with Crippen LogP contribution in [0.5, 0.6) is 0 Å². The van der Waals surface area contributed by atoms with Crippen LogP contribution in [0.3, 0.4) is 0 Å². The first-order valence-electron chi connectivity index (χ1n) is 4.01. The minimum Gasteiger partial charge on any atom is -0.480 e. The number of carbonyl (C=O) groups is 1. The molecule has 0 aliphatic heterocycles. The van der Waals surface area contributed by atoms with Gasteiger partial charge in [-0.1, -0.05) is 19.9 Å². The number of allylic oxidation sites excluding steroid dienone is 1. The molecule has 0 aliphatic carbocycles. The molecule has 0 saturated heterocycles. The van der Waals surface area contributed by atoms with E-state index in [2.05, 4.69) is 6.58 Å². The number of carboxylic acids is 1. The van der Waals surface area contributed by atoms with E-state index >= 15 is 0 Å². The maximum absolute atomic E-state index is 10.1. The fourth-order valence-electron chi connectivity index (χ4n) is 0.609. The molecule has 0 heterocycles. The lowest BCUT2D eigenvalue weighted by Gasteiger charge is -2.07. The van der Waals surface area contributed by atoms with Crippen molar-refractivity contribution in [3.63, 3.8) is 0 Å². The van der Waals surface area contributed by atoms with E-state index in [1.54, 1.807) is 6.08 Å². The van der Waals surface area contributed by atoms with Crippen LogP contribution < -0.4 is 5.73 Å². The summed E-state index contributed by atoms with van der Waals surface area (Å²) in [7, 11) is 0. The normalized spacial score (nSPS) is 11.4. The highest BCUT2D eigenvalue weighted by atomic mass is 16.4. The van der Waals surface area contributed by atoms with Crippen LogP contribution in [-0.2, 0) is 4.79 Å². The summed E-state index contributed by atoms with van der Waals surface area (Å²) in [6.45, 7) is 9.14. The molecule has 0 saturated carbocycles. The van der Waals surface area contributed by atoms with Crippen molar-refractivity contribution in [2.45, 2.75) is 33.2 Å². The molecule has 0 fully saturated rings. The van der Waals surface area contributed by atoms with E-state index in [9.17, 15) is 4.79 Å². The fourth-order valence-corrected chi connectivity index (χ4v) is 0.609. The van der Waals surface area contributed by atoms with E-state index < -0.39 is 12.0 Å². The Hall–Kier alpha value is -0.830.